The minimum absolute atomic E-state index is 0.184. The van der Waals surface area contributed by atoms with Crippen LogP contribution in [0.3, 0.4) is 0 Å². The maximum atomic E-state index is 10.8. The molecule has 1 aliphatic carbocycles. The molecule has 78 valence electrons. The minimum atomic E-state index is -3.25. The molecule has 0 aromatic carbocycles. The summed E-state index contributed by atoms with van der Waals surface area (Å²) < 4.78 is 21.7. The summed E-state index contributed by atoms with van der Waals surface area (Å²) in [6.07, 6.45) is 5.65. The van der Waals surface area contributed by atoms with Gasteiger partial charge < -0.3 is 0 Å². The lowest BCUT2D eigenvalue weighted by Crippen LogP contribution is -2.26. The summed E-state index contributed by atoms with van der Waals surface area (Å²) in [7, 11) is -3.25. The van der Waals surface area contributed by atoms with Gasteiger partial charge in [0.05, 0.1) is 5.75 Å². The van der Waals surface area contributed by atoms with Gasteiger partial charge in [0, 0.05) is 0 Å². The largest absolute Gasteiger partial charge is 0.229 e. The van der Waals surface area contributed by atoms with Gasteiger partial charge >= 0.3 is 0 Å². The molecule has 0 unspecified atom stereocenters. The Morgan fingerprint density at radius 3 is 2.00 bits per heavy atom. The van der Waals surface area contributed by atoms with Crippen LogP contribution in [0.1, 0.15) is 39.0 Å². The maximum absolute atomic E-state index is 10.8. The molecular formula is C9H19NO2S. The van der Waals surface area contributed by atoms with Crippen LogP contribution in [0.5, 0.6) is 0 Å². The van der Waals surface area contributed by atoms with Crippen molar-refractivity contribution < 1.29 is 8.42 Å². The van der Waals surface area contributed by atoms with Crippen LogP contribution in [0.2, 0.25) is 0 Å². The van der Waals surface area contributed by atoms with Crippen LogP contribution < -0.4 is 5.14 Å². The number of rotatable bonds is 3. The van der Waals surface area contributed by atoms with Crippen molar-refractivity contribution in [1.29, 1.82) is 0 Å². The van der Waals surface area contributed by atoms with Gasteiger partial charge in [-0.1, -0.05) is 26.2 Å². The third-order valence-electron chi connectivity index (χ3n) is 3.01. The zero-order chi connectivity index (χ0) is 9.90. The molecule has 1 aliphatic rings. The Hall–Kier alpha value is -0.0900. The second-order valence-corrected chi connectivity index (χ2v) is 5.78. The van der Waals surface area contributed by atoms with Gasteiger partial charge in [-0.2, -0.15) is 0 Å². The molecule has 2 N–H and O–H groups in total. The monoisotopic (exact) mass is 205 g/mol. The zero-order valence-corrected chi connectivity index (χ0v) is 9.02. The number of hydrogen-bond acceptors (Lipinski definition) is 2. The van der Waals surface area contributed by atoms with Crippen LogP contribution in [0.15, 0.2) is 0 Å². The van der Waals surface area contributed by atoms with Crippen LogP contribution >= 0.6 is 0 Å². The van der Waals surface area contributed by atoms with Crippen molar-refractivity contribution in [1.82, 2.24) is 0 Å². The van der Waals surface area contributed by atoms with Gasteiger partial charge in [0.2, 0.25) is 10.0 Å². The average Bonchev–Trinajstić information content (AvgIpc) is 2.03. The highest BCUT2D eigenvalue weighted by atomic mass is 32.2. The molecule has 0 amide bonds. The Labute approximate surface area is 80.8 Å². The fourth-order valence-electron chi connectivity index (χ4n) is 2.13. The quantitative estimate of drug-likeness (QED) is 0.759. The second kappa shape index (κ2) is 4.42. The van der Waals surface area contributed by atoms with Crippen LogP contribution in [0.25, 0.3) is 0 Å². The lowest BCUT2D eigenvalue weighted by Gasteiger charge is -2.26. The molecule has 0 bridgehead atoms. The maximum Gasteiger partial charge on any atom is 0.209 e. The average molecular weight is 205 g/mol. The van der Waals surface area contributed by atoms with Gasteiger partial charge in [-0.05, 0) is 24.7 Å². The van der Waals surface area contributed by atoms with E-state index in [9.17, 15) is 8.42 Å². The van der Waals surface area contributed by atoms with Gasteiger partial charge in [-0.25, -0.2) is 13.6 Å². The molecule has 0 saturated heterocycles. The Balaban J connectivity index is 2.33. The van der Waals surface area contributed by atoms with Crippen molar-refractivity contribution in [2.24, 2.45) is 17.0 Å². The first-order valence-corrected chi connectivity index (χ1v) is 6.73. The van der Waals surface area contributed by atoms with E-state index in [-0.39, 0.29) is 5.75 Å². The molecule has 0 spiro atoms. The van der Waals surface area contributed by atoms with Crippen LogP contribution in [-0.2, 0) is 10.0 Å². The Bertz CT molecular complexity index is 240. The highest BCUT2D eigenvalue weighted by molar-refractivity contribution is 7.89. The fraction of sp³-hybridized carbons (Fsp3) is 1.00. The van der Waals surface area contributed by atoms with Crippen molar-refractivity contribution in [3.05, 3.63) is 0 Å². The third-order valence-corrected chi connectivity index (χ3v) is 3.95. The van der Waals surface area contributed by atoms with Crippen LogP contribution in [0.4, 0.5) is 0 Å². The summed E-state index contributed by atoms with van der Waals surface area (Å²) >= 11 is 0. The van der Waals surface area contributed by atoms with E-state index in [1.807, 2.05) is 0 Å². The number of primary sulfonamides is 1. The van der Waals surface area contributed by atoms with E-state index >= 15 is 0 Å². The predicted octanol–water partition coefficient (Wildman–Crippen LogP) is 1.49. The van der Waals surface area contributed by atoms with Crippen LogP contribution in [0, 0.1) is 11.8 Å². The van der Waals surface area contributed by atoms with Crippen molar-refractivity contribution in [2.75, 3.05) is 5.75 Å². The van der Waals surface area contributed by atoms with Crippen molar-refractivity contribution in [2.45, 2.75) is 39.0 Å². The number of nitrogens with two attached hydrogens (primary N) is 1. The molecule has 0 heterocycles. The molecule has 0 aromatic heterocycles. The topological polar surface area (TPSA) is 60.2 Å². The lowest BCUT2D eigenvalue weighted by molar-refractivity contribution is 0.285. The summed E-state index contributed by atoms with van der Waals surface area (Å²) in [6, 6.07) is 0. The van der Waals surface area contributed by atoms with E-state index in [1.165, 1.54) is 19.3 Å². The van der Waals surface area contributed by atoms with Gasteiger partial charge in [-0.15, -0.1) is 0 Å². The van der Waals surface area contributed by atoms with Crippen molar-refractivity contribution in [3.8, 4) is 0 Å². The fourth-order valence-corrected chi connectivity index (χ4v) is 3.13. The summed E-state index contributed by atoms with van der Waals surface area (Å²) in [5.41, 5.74) is 0. The third kappa shape index (κ3) is 4.09. The summed E-state index contributed by atoms with van der Waals surface area (Å²) in [5.74, 6) is 1.32. The minimum Gasteiger partial charge on any atom is -0.229 e. The lowest BCUT2D eigenvalue weighted by atomic mass is 9.82. The molecule has 0 aromatic rings. The van der Waals surface area contributed by atoms with Gasteiger partial charge in [0.1, 0.15) is 0 Å². The molecular weight excluding hydrogens is 186 g/mol. The highest BCUT2D eigenvalue weighted by Gasteiger charge is 2.22. The summed E-state index contributed by atoms with van der Waals surface area (Å²) in [4.78, 5) is 0. The van der Waals surface area contributed by atoms with Crippen molar-refractivity contribution in [3.63, 3.8) is 0 Å². The first-order chi connectivity index (χ1) is 6.01. The molecule has 4 heteroatoms. The SMILES string of the molecule is CCC1CCC(CS(N)(=O)=O)CC1. The molecule has 0 radical (unpaired) electrons. The van der Waals surface area contributed by atoms with Gasteiger partial charge in [0.25, 0.3) is 0 Å². The van der Waals surface area contributed by atoms with Gasteiger partial charge in [0.15, 0.2) is 0 Å². The molecule has 1 rings (SSSR count). The van der Waals surface area contributed by atoms with E-state index < -0.39 is 10.0 Å². The van der Waals surface area contributed by atoms with E-state index in [4.69, 9.17) is 5.14 Å². The first kappa shape index (κ1) is 11.0. The molecule has 1 fully saturated rings. The molecule has 13 heavy (non-hydrogen) atoms. The smallest absolute Gasteiger partial charge is 0.209 e. The predicted molar refractivity (Wildman–Crippen MR) is 53.7 cm³/mol. The number of sulfonamides is 1. The zero-order valence-electron chi connectivity index (χ0n) is 8.20. The van der Waals surface area contributed by atoms with Gasteiger partial charge in [-0.3, -0.25) is 0 Å². The molecule has 0 atom stereocenters. The molecule has 3 nitrogen and oxygen atoms in total. The van der Waals surface area contributed by atoms with E-state index in [0.717, 1.165) is 18.8 Å². The Morgan fingerprint density at radius 2 is 1.62 bits per heavy atom. The summed E-state index contributed by atoms with van der Waals surface area (Å²) in [5, 5.41) is 5.01. The van der Waals surface area contributed by atoms with E-state index in [1.54, 1.807) is 0 Å². The van der Waals surface area contributed by atoms with Crippen LogP contribution in [-0.4, -0.2) is 14.2 Å². The first-order valence-electron chi connectivity index (χ1n) is 5.01. The second-order valence-electron chi connectivity index (χ2n) is 4.12. The summed E-state index contributed by atoms with van der Waals surface area (Å²) in [6.45, 7) is 2.20. The Kier molecular flexibility index (Phi) is 3.74. The highest BCUT2D eigenvalue weighted by Crippen LogP contribution is 2.30. The van der Waals surface area contributed by atoms with E-state index in [2.05, 4.69) is 6.92 Å². The van der Waals surface area contributed by atoms with E-state index in [0.29, 0.717) is 5.92 Å². The molecule has 0 aliphatic heterocycles. The standard InChI is InChI=1S/C9H19NO2S/c1-2-8-3-5-9(6-4-8)7-13(10,11)12/h8-9H,2-7H2,1H3,(H2,10,11,12). The Morgan fingerprint density at radius 1 is 1.15 bits per heavy atom. The number of hydrogen-bond donors (Lipinski definition) is 1. The molecule has 1 saturated carbocycles. The van der Waals surface area contributed by atoms with Crippen molar-refractivity contribution >= 4 is 10.0 Å². The normalized spacial score (nSPS) is 30.3.